The summed E-state index contributed by atoms with van der Waals surface area (Å²) in [6.45, 7) is 2.34. The minimum atomic E-state index is -0.182. The maximum atomic E-state index is 13.2. The highest BCUT2D eigenvalue weighted by atomic mass is 19.1. The molecule has 0 amide bonds. The van der Waals surface area contributed by atoms with E-state index in [2.05, 4.69) is 4.98 Å². The second kappa shape index (κ2) is 4.67. The van der Waals surface area contributed by atoms with E-state index in [0.29, 0.717) is 12.1 Å². The molecule has 2 aromatic rings. The number of nitrogens with zero attached hydrogens (tertiary/aromatic N) is 2. The Bertz CT molecular complexity index is 531. The zero-order valence-electron chi connectivity index (χ0n) is 10.1. The molecule has 17 heavy (non-hydrogen) atoms. The molecule has 0 radical (unpaired) electrons. The van der Waals surface area contributed by atoms with E-state index < -0.39 is 0 Å². The first-order valence-corrected chi connectivity index (χ1v) is 5.60. The summed E-state index contributed by atoms with van der Waals surface area (Å²) in [6.07, 6.45) is 2.55. The summed E-state index contributed by atoms with van der Waals surface area (Å²) < 4.78 is 15.2. The Morgan fingerprint density at radius 1 is 1.41 bits per heavy atom. The van der Waals surface area contributed by atoms with Crippen LogP contribution in [0.1, 0.15) is 11.4 Å². The topological polar surface area (TPSA) is 43.8 Å². The average Bonchev–Trinajstić information content (AvgIpc) is 2.66. The lowest BCUT2D eigenvalue weighted by Gasteiger charge is -2.06. The van der Waals surface area contributed by atoms with Crippen molar-refractivity contribution in [1.29, 1.82) is 0 Å². The average molecular weight is 233 g/mol. The standard InChI is InChI=1S/C13H16FN3/c1-9-7-10(3-4-11(9)14)12-8-16-13(5-6-15)17(12)2/h3-4,7-8H,5-6,15H2,1-2H3. The number of benzene rings is 1. The molecule has 4 heteroatoms. The highest BCUT2D eigenvalue weighted by Crippen LogP contribution is 2.22. The van der Waals surface area contributed by atoms with Crippen LogP contribution in [0.15, 0.2) is 24.4 Å². The molecule has 0 bridgehead atoms. The van der Waals surface area contributed by atoms with Crippen molar-refractivity contribution in [3.05, 3.63) is 41.6 Å². The summed E-state index contributed by atoms with van der Waals surface area (Å²) in [5.41, 5.74) is 8.12. The predicted octanol–water partition coefficient (Wildman–Crippen LogP) is 2.04. The Morgan fingerprint density at radius 3 is 2.82 bits per heavy atom. The second-order valence-corrected chi connectivity index (χ2v) is 4.12. The van der Waals surface area contributed by atoms with E-state index in [1.54, 1.807) is 19.2 Å². The van der Waals surface area contributed by atoms with Crippen molar-refractivity contribution in [3.8, 4) is 11.3 Å². The molecule has 2 N–H and O–H groups in total. The number of nitrogens with two attached hydrogens (primary N) is 1. The molecule has 0 saturated heterocycles. The Hall–Kier alpha value is -1.68. The monoisotopic (exact) mass is 233 g/mol. The Kier molecular flexibility index (Phi) is 3.24. The molecular formula is C13H16FN3. The summed E-state index contributed by atoms with van der Waals surface area (Å²) in [5.74, 6) is 0.766. The quantitative estimate of drug-likeness (QED) is 0.881. The summed E-state index contributed by atoms with van der Waals surface area (Å²) in [7, 11) is 1.95. The maximum absolute atomic E-state index is 13.2. The summed E-state index contributed by atoms with van der Waals surface area (Å²) >= 11 is 0. The fourth-order valence-electron chi connectivity index (χ4n) is 1.88. The summed E-state index contributed by atoms with van der Waals surface area (Å²) in [6, 6.07) is 5.09. The van der Waals surface area contributed by atoms with Crippen molar-refractivity contribution >= 4 is 0 Å². The number of aromatic nitrogens is 2. The maximum Gasteiger partial charge on any atom is 0.126 e. The van der Waals surface area contributed by atoms with Gasteiger partial charge in [-0.1, -0.05) is 0 Å². The van der Waals surface area contributed by atoms with E-state index in [1.807, 2.05) is 17.7 Å². The normalized spacial score (nSPS) is 10.8. The number of aryl methyl sites for hydroxylation is 1. The first-order valence-electron chi connectivity index (χ1n) is 5.60. The van der Waals surface area contributed by atoms with E-state index >= 15 is 0 Å². The molecule has 90 valence electrons. The molecule has 3 nitrogen and oxygen atoms in total. The molecule has 0 atom stereocenters. The highest BCUT2D eigenvalue weighted by Gasteiger charge is 2.09. The molecule has 0 aliphatic carbocycles. The molecular weight excluding hydrogens is 217 g/mol. The largest absolute Gasteiger partial charge is 0.331 e. The molecule has 1 aromatic carbocycles. The van der Waals surface area contributed by atoms with Crippen LogP contribution in [0, 0.1) is 12.7 Å². The molecule has 0 saturated carbocycles. The molecule has 1 heterocycles. The van der Waals surface area contributed by atoms with Crippen LogP contribution >= 0.6 is 0 Å². The van der Waals surface area contributed by atoms with Crippen LogP contribution in [0.5, 0.6) is 0 Å². The summed E-state index contributed by atoms with van der Waals surface area (Å²) in [4.78, 5) is 4.32. The van der Waals surface area contributed by atoms with Crippen LogP contribution in [-0.4, -0.2) is 16.1 Å². The molecule has 2 rings (SSSR count). The van der Waals surface area contributed by atoms with Crippen LogP contribution < -0.4 is 5.73 Å². The van der Waals surface area contributed by atoms with Crippen molar-refractivity contribution in [2.45, 2.75) is 13.3 Å². The van der Waals surface area contributed by atoms with E-state index in [9.17, 15) is 4.39 Å². The zero-order chi connectivity index (χ0) is 12.4. The zero-order valence-corrected chi connectivity index (χ0v) is 10.1. The van der Waals surface area contributed by atoms with Gasteiger partial charge in [-0.15, -0.1) is 0 Å². The Balaban J connectivity index is 2.42. The van der Waals surface area contributed by atoms with Gasteiger partial charge >= 0.3 is 0 Å². The van der Waals surface area contributed by atoms with E-state index in [-0.39, 0.29) is 5.82 Å². The van der Waals surface area contributed by atoms with Gasteiger partial charge in [-0.3, -0.25) is 0 Å². The van der Waals surface area contributed by atoms with Gasteiger partial charge in [0, 0.05) is 19.0 Å². The molecule has 0 aliphatic heterocycles. The van der Waals surface area contributed by atoms with Crippen molar-refractivity contribution < 1.29 is 4.39 Å². The number of imidazole rings is 1. The van der Waals surface area contributed by atoms with E-state index in [1.165, 1.54) is 6.07 Å². The summed E-state index contributed by atoms with van der Waals surface area (Å²) in [5, 5.41) is 0. The SMILES string of the molecule is Cc1cc(-c2cnc(CCN)n2C)ccc1F. The number of halogens is 1. The first kappa shape index (κ1) is 11.8. The second-order valence-electron chi connectivity index (χ2n) is 4.12. The van der Waals surface area contributed by atoms with Crippen LogP contribution in [0.4, 0.5) is 4.39 Å². The van der Waals surface area contributed by atoms with Crippen molar-refractivity contribution in [3.63, 3.8) is 0 Å². The van der Waals surface area contributed by atoms with Gasteiger partial charge < -0.3 is 10.3 Å². The number of rotatable bonds is 3. The van der Waals surface area contributed by atoms with Gasteiger partial charge in [-0.05, 0) is 37.2 Å². The van der Waals surface area contributed by atoms with Crippen LogP contribution in [-0.2, 0) is 13.5 Å². The molecule has 0 spiro atoms. The van der Waals surface area contributed by atoms with Gasteiger partial charge in [0.25, 0.3) is 0 Å². The van der Waals surface area contributed by atoms with Crippen molar-refractivity contribution in [2.24, 2.45) is 12.8 Å². The lowest BCUT2D eigenvalue weighted by molar-refractivity contribution is 0.618. The van der Waals surface area contributed by atoms with Gasteiger partial charge in [0.1, 0.15) is 11.6 Å². The number of hydrogen-bond donors (Lipinski definition) is 1. The number of hydrogen-bond acceptors (Lipinski definition) is 2. The van der Waals surface area contributed by atoms with Crippen LogP contribution in [0.3, 0.4) is 0 Å². The lowest BCUT2D eigenvalue weighted by Crippen LogP contribution is -2.08. The third-order valence-electron chi connectivity index (χ3n) is 2.91. The van der Waals surface area contributed by atoms with Gasteiger partial charge in [0.05, 0.1) is 11.9 Å². The fraction of sp³-hybridized carbons (Fsp3) is 0.308. The smallest absolute Gasteiger partial charge is 0.126 e. The van der Waals surface area contributed by atoms with Gasteiger partial charge in [-0.25, -0.2) is 9.37 Å². The highest BCUT2D eigenvalue weighted by molar-refractivity contribution is 5.60. The third kappa shape index (κ3) is 2.22. The first-order chi connectivity index (χ1) is 8.13. The fourth-order valence-corrected chi connectivity index (χ4v) is 1.88. The van der Waals surface area contributed by atoms with Gasteiger partial charge in [-0.2, -0.15) is 0 Å². The molecule has 0 fully saturated rings. The van der Waals surface area contributed by atoms with Gasteiger partial charge in [0.15, 0.2) is 0 Å². The predicted molar refractivity (Wildman–Crippen MR) is 66.1 cm³/mol. The van der Waals surface area contributed by atoms with Crippen LogP contribution in [0.2, 0.25) is 0 Å². The van der Waals surface area contributed by atoms with E-state index in [0.717, 1.165) is 23.5 Å². The Morgan fingerprint density at radius 2 is 2.18 bits per heavy atom. The van der Waals surface area contributed by atoms with E-state index in [4.69, 9.17) is 5.73 Å². The minimum absolute atomic E-state index is 0.182. The van der Waals surface area contributed by atoms with Crippen molar-refractivity contribution in [1.82, 2.24) is 9.55 Å². The lowest BCUT2D eigenvalue weighted by atomic mass is 10.1. The molecule has 0 unspecified atom stereocenters. The molecule has 1 aromatic heterocycles. The van der Waals surface area contributed by atoms with Crippen molar-refractivity contribution in [2.75, 3.05) is 6.54 Å². The third-order valence-corrected chi connectivity index (χ3v) is 2.91. The van der Waals surface area contributed by atoms with Gasteiger partial charge in [0.2, 0.25) is 0 Å². The Labute approximate surface area is 100 Å². The minimum Gasteiger partial charge on any atom is -0.331 e. The molecule has 0 aliphatic rings. The van der Waals surface area contributed by atoms with Crippen LogP contribution in [0.25, 0.3) is 11.3 Å².